The molecule has 0 bridgehead atoms. The van der Waals surface area contributed by atoms with Crippen LogP contribution in [0.5, 0.6) is 0 Å². The maximum Gasteiger partial charge on any atom is 0.171 e. The first-order chi connectivity index (χ1) is 22.3. The van der Waals surface area contributed by atoms with E-state index in [1.54, 1.807) is 11.1 Å². The van der Waals surface area contributed by atoms with Crippen LogP contribution in [-0.4, -0.2) is 0 Å². The highest BCUT2D eigenvalue weighted by atomic mass is 14.9. The molecule has 0 atom stereocenters. The standard InChI is InChI=1S/C44H84N/c1-4-7-10-13-16-19-20-21-22-23-24-27-30-33-36-39-45-41-43(37-34-31-28-25-17-14-11-8-5-2)40-44(42-45)38-35-32-29-26-18-15-12-9-6-3/h40-42H,4-39H2,1-3H3/q+1. The zero-order valence-corrected chi connectivity index (χ0v) is 31.6. The molecule has 1 heterocycles. The summed E-state index contributed by atoms with van der Waals surface area (Å²) in [6, 6.07) is 2.57. The molecule has 1 aromatic heterocycles. The summed E-state index contributed by atoms with van der Waals surface area (Å²) in [5.74, 6) is 0. The molecule has 264 valence electrons. The van der Waals surface area contributed by atoms with E-state index in [0.717, 1.165) is 0 Å². The van der Waals surface area contributed by atoms with Crippen molar-refractivity contribution >= 4 is 0 Å². The molecule has 45 heavy (non-hydrogen) atoms. The first kappa shape index (κ1) is 42.2. The SMILES string of the molecule is CCCCCCCCCCCCCCCCC[n+]1cc(CCCCCCCCCCC)cc(CCCCCCCCCCC)c1. The summed E-state index contributed by atoms with van der Waals surface area (Å²) in [6.45, 7) is 8.16. The van der Waals surface area contributed by atoms with Gasteiger partial charge in [-0.15, -0.1) is 0 Å². The van der Waals surface area contributed by atoms with Crippen LogP contribution in [0.1, 0.15) is 244 Å². The van der Waals surface area contributed by atoms with Crippen LogP contribution < -0.4 is 4.57 Å². The summed E-state index contributed by atoms with van der Waals surface area (Å²) in [5.41, 5.74) is 3.21. The van der Waals surface area contributed by atoms with E-state index < -0.39 is 0 Å². The minimum absolute atomic E-state index is 1.22. The third kappa shape index (κ3) is 29.1. The van der Waals surface area contributed by atoms with Crippen LogP contribution in [0.3, 0.4) is 0 Å². The minimum Gasteiger partial charge on any atom is -0.205 e. The molecule has 0 amide bonds. The number of unbranched alkanes of at least 4 members (excludes halogenated alkanes) is 30. The van der Waals surface area contributed by atoms with Crippen molar-refractivity contribution in [2.45, 2.75) is 252 Å². The van der Waals surface area contributed by atoms with Gasteiger partial charge in [-0.1, -0.05) is 207 Å². The van der Waals surface area contributed by atoms with E-state index in [1.165, 1.54) is 231 Å². The Morgan fingerprint density at radius 2 is 0.556 bits per heavy atom. The molecular weight excluding hydrogens is 542 g/mol. The Morgan fingerprint density at radius 1 is 0.311 bits per heavy atom. The van der Waals surface area contributed by atoms with Crippen LogP contribution >= 0.6 is 0 Å². The lowest BCUT2D eigenvalue weighted by atomic mass is 10.0. The number of aryl methyl sites for hydroxylation is 3. The quantitative estimate of drug-likeness (QED) is 0.0515. The lowest BCUT2D eigenvalue weighted by molar-refractivity contribution is -0.698. The maximum absolute atomic E-state index is 2.58. The van der Waals surface area contributed by atoms with Crippen molar-refractivity contribution in [3.05, 3.63) is 29.6 Å². The molecule has 0 saturated carbocycles. The van der Waals surface area contributed by atoms with Gasteiger partial charge in [-0.05, 0) is 38.2 Å². The zero-order valence-electron chi connectivity index (χ0n) is 31.6. The minimum atomic E-state index is 1.22. The van der Waals surface area contributed by atoms with Crippen LogP contribution in [0, 0.1) is 0 Å². The van der Waals surface area contributed by atoms with Crippen molar-refractivity contribution in [3.8, 4) is 0 Å². The molecule has 0 N–H and O–H groups in total. The molecule has 0 fully saturated rings. The number of nitrogens with zero attached hydrogens (tertiary/aromatic N) is 1. The van der Waals surface area contributed by atoms with Gasteiger partial charge in [0, 0.05) is 17.5 Å². The monoisotopic (exact) mass is 627 g/mol. The Balaban J connectivity index is 2.29. The van der Waals surface area contributed by atoms with Gasteiger partial charge in [-0.2, -0.15) is 0 Å². The summed E-state index contributed by atoms with van der Waals surface area (Å²) in [6.07, 6.45) is 54.8. The first-order valence-electron chi connectivity index (χ1n) is 21.3. The molecule has 0 aromatic carbocycles. The second-order valence-corrected chi connectivity index (χ2v) is 14.9. The van der Waals surface area contributed by atoms with Crippen molar-refractivity contribution in [1.29, 1.82) is 0 Å². The fourth-order valence-electron chi connectivity index (χ4n) is 7.12. The zero-order chi connectivity index (χ0) is 32.3. The largest absolute Gasteiger partial charge is 0.205 e. The predicted octanol–water partition coefficient (Wildman–Crippen LogP) is 15.0. The van der Waals surface area contributed by atoms with Crippen LogP contribution in [0.2, 0.25) is 0 Å². The Hall–Kier alpha value is -0.850. The lowest BCUT2D eigenvalue weighted by Crippen LogP contribution is -2.34. The average Bonchev–Trinajstić information content (AvgIpc) is 3.05. The highest BCUT2D eigenvalue weighted by Gasteiger charge is 2.09. The van der Waals surface area contributed by atoms with Gasteiger partial charge in [-0.25, -0.2) is 4.57 Å². The van der Waals surface area contributed by atoms with E-state index in [4.69, 9.17) is 0 Å². The van der Waals surface area contributed by atoms with Crippen LogP contribution in [-0.2, 0) is 19.4 Å². The van der Waals surface area contributed by atoms with Crippen molar-refractivity contribution in [2.24, 2.45) is 0 Å². The van der Waals surface area contributed by atoms with Gasteiger partial charge in [0.2, 0.25) is 0 Å². The van der Waals surface area contributed by atoms with Crippen molar-refractivity contribution in [1.82, 2.24) is 0 Å². The molecule has 0 saturated heterocycles. The van der Waals surface area contributed by atoms with Crippen LogP contribution in [0.25, 0.3) is 0 Å². The number of rotatable bonds is 36. The van der Waals surface area contributed by atoms with Gasteiger partial charge in [-0.3, -0.25) is 0 Å². The number of aromatic nitrogens is 1. The molecule has 1 aromatic rings. The van der Waals surface area contributed by atoms with Gasteiger partial charge in [0.25, 0.3) is 0 Å². The Morgan fingerprint density at radius 3 is 0.844 bits per heavy atom. The van der Waals surface area contributed by atoms with Crippen molar-refractivity contribution < 1.29 is 4.57 Å². The van der Waals surface area contributed by atoms with Gasteiger partial charge >= 0.3 is 0 Å². The third-order valence-electron chi connectivity index (χ3n) is 10.2. The lowest BCUT2D eigenvalue weighted by Gasteiger charge is -2.07. The molecule has 1 rings (SSSR count). The normalized spacial score (nSPS) is 11.5. The van der Waals surface area contributed by atoms with E-state index in [-0.39, 0.29) is 0 Å². The highest BCUT2D eigenvalue weighted by molar-refractivity contribution is 5.15. The average molecular weight is 627 g/mol. The van der Waals surface area contributed by atoms with Gasteiger partial charge in [0.05, 0.1) is 0 Å². The summed E-state index contributed by atoms with van der Waals surface area (Å²) in [7, 11) is 0. The Kier molecular flexibility index (Phi) is 32.3. The Bertz CT molecular complexity index is 669. The van der Waals surface area contributed by atoms with E-state index in [2.05, 4.69) is 43.8 Å². The predicted molar refractivity (Wildman–Crippen MR) is 203 cm³/mol. The molecule has 0 aliphatic heterocycles. The molecule has 0 aliphatic rings. The fourth-order valence-corrected chi connectivity index (χ4v) is 7.12. The third-order valence-corrected chi connectivity index (χ3v) is 10.2. The van der Waals surface area contributed by atoms with E-state index >= 15 is 0 Å². The van der Waals surface area contributed by atoms with Crippen molar-refractivity contribution in [3.63, 3.8) is 0 Å². The Labute approximate surface area is 285 Å². The summed E-state index contributed by atoms with van der Waals surface area (Å²) in [5, 5.41) is 0. The smallest absolute Gasteiger partial charge is 0.171 e. The fraction of sp³-hybridized carbons (Fsp3) is 0.886. The molecule has 0 aliphatic carbocycles. The van der Waals surface area contributed by atoms with Crippen LogP contribution in [0.4, 0.5) is 0 Å². The molecular formula is C44H84N+. The molecule has 0 radical (unpaired) electrons. The number of hydrogen-bond acceptors (Lipinski definition) is 0. The summed E-state index contributed by atoms with van der Waals surface area (Å²) >= 11 is 0. The summed E-state index contributed by atoms with van der Waals surface area (Å²) in [4.78, 5) is 0. The van der Waals surface area contributed by atoms with E-state index in [0.29, 0.717) is 0 Å². The molecule has 0 spiro atoms. The van der Waals surface area contributed by atoms with Gasteiger partial charge in [0.15, 0.2) is 12.4 Å². The van der Waals surface area contributed by atoms with Gasteiger partial charge in [0.1, 0.15) is 6.54 Å². The molecule has 1 heteroatoms. The number of pyridine rings is 1. The second-order valence-electron chi connectivity index (χ2n) is 14.9. The van der Waals surface area contributed by atoms with Crippen molar-refractivity contribution in [2.75, 3.05) is 0 Å². The topological polar surface area (TPSA) is 3.88 Å². The molecule has 1 nitrogen and oxygen atoms in total. The number of hydrogen-bond donors (Lipinski definition) is 0. The highest BCUT2D eigenvalue weighted by Crippen LogP contribution is 2.16. The molecule has 0 unspecified atom stereocenters. The maximum atomic E-state index is 2.58. The van der Waals surface area contributed by atoms with E-state index in [1.807, 2.05) is 0 Å². The summed E-state index contributed by atoms with van der Waals surface area (Å²) < 4.78 is 2.58. The van der Waals surface area contributed by atoms with E-state index in [9.17, 15) is 0 Å². The van der Waals surface area contributed by atoms with Crippen LogP contribution in [0.15, 0.2) is 18.5 Å². The second kappa shape index (κ2) is 34.5. The first-order valence-corrected chi connectivity index (χ1v) is 21.3. The van der Waals surface area contributed by atoms with Gasteiger partial charge < -0.3 is 0 Å².